The van der Waals surface area contributed by atoms with Crippen molar-refractivity contribution in [1.29, 1.82) is 0 Å². The number of nitrogens with one attached hydrogen (secondary N) is 2. The summed E-state index contributed by atoms with van der Waals surface area (Å²) in [5, 5.41) is 0.577. The molecule has 0 saturated heterocycles. The van der Waals surface area contributed by atoms with Crippen LogP contribution in [0, 0.1) is 5.82 Å². The summed E-state index contributed by atoms with van der Waals surface area (Å²) >= 11 is 5.75. The molecule has 2 N–H and O–H groups in total. The SMILES string of the molecule is O=C(COc1ccccc1F)NNC(=O)Cc1ccc(Cl)cc1. The molecule has 0 fully saturated rings. The molecule has 0 aliphatic heterocycles. The molecule has 5 nitrogen and oxygen atoms in total. The van der Waals surface area contributed by atoms with Crippen molar-refractivity contribution in [1.82, 2.24) is 10.9 Å². The average molecular weight is 337 g/mol. The van der Waals surface area contributed by atoms with Crippen LogP contribution >= 0.6 is 11.6 Å². The maximum Gasteiger partial charge on any atom is 0.276 e. The second-order valence-corrected chi connectivity index (χ2v) is 5.06. The van der Waals surface area contributed by atoms with Crippen LogP contribution < -0.4 is 15.6 Å². The van der Waals surface area contributed by atoms with Crippen molar-refractivity contribution in [3.8, 4) is 5.75 Å². The standard InChI is InChI=1S/C16H14ClFN2O3/c17-12-7-5-11(6-8-12)9-15(21)19-20-16(22)10-23-14-4-2-1-3-13(14)18/h1-8H,9-10H2,(H,19,21)(H,20,22). The van der Waals surface area contributed by atoms with Crippen LogP contribution in [0.4, 0.5) is 4.39 Å². The van der Waals surface area contributed by atoms with E-state index in [4.69, 9.17) is 16.3 Å². The predicted octanol–water partition coefficient (Wildman–Crippen LogP) is 2.25. The molecule has 0 atom stereocenters. The smallest absolute Gasteiger partial charge is 0.276 e. The van der Waals surface area contributed by atoms with Gasteiger partial charge in [-0.15, -0.1) is 0 Å². The van der Waals surface area contributed by atoms with Gasteiger partial charge in [0.15, 0.2) is 18.2 Å². The van der Waals surface area contributed by atoms with Crippen LogP contribution in [-0.4, -0.2) is 18.4 Å². The highest BCUT2D eigenvalue weighted by molar-refractivity contribution is 6.30. The lowest BCUT2D eigenvalue weighted by molar-refractivity contribution is -0.129. The number of amides is 2. The number of hydrogen-bond acceptors (Lipinski definition) is 3. The van der Waals surface area contributed by atoms with E-state index in [0.29, 0.717) is 5.02 Å². The highest BCUT2D eigenvalue weighted by atomic mass is 35.5. The quantitative estimate of drug-likeness (QED) is 0.823. The van der Waals surface area contributed by atoms with Crippen LogP contribution in [0.2, 0.25) is 5.02 Å². The van der Waals surface area contributed by atoms with E-state index in [1.807, 2.05) is 0 Å². The monoisotopic (exact) mass is 336 g/mol. The Bertz CT molecular complexity index is 692. The number of carbonyl (C=O) groups excluding carboxylic acids is 2. The summed E-state index contributed by atoms with van der Waals surface area (Å²) in [5.74, 6) is -1.59. The Balaban J connectivity index is 1.72. The second kappa shape index (κ2) is 8.14. The van der Waals surface area contributed by atoms with E-state index in [0.717, 1.165) is 5.56 Å². The zero-order valence-electron chi connectivity index (χ0n) is 12.0. The number of hydrazine groups is 1. The van der Waals surface area contributed by atoms with E-state index in [1.165, 1.54) is 18.2 Å². The van der Waals surface area contributed by atoms with Crippen LogP contribution in [0.15, 0.2) is 48.5 Å². The summed E-state index contributed by atoms with van der Waals surface area (Å²) in [6.45, 7) is -0.415. The summed E-state index contributed by atoms with van der Waals surface area (Å²) < 4.78 is 18.3. The van der Waals surface area contributed by atoms with Gasteiger partial charge in [0.1, 0.15) is 0 Å². The molecule has 2 aromatic carbocycles. The molecule has 0 aliphatic rings. The highest BCUT2D eigenvalue weighted by Crippen LogP contribution is 2.14. The first kappa shape index (κ1) is 16.8. The fourth-order valence-corrected chi connectivity index (χ4v) is 1.84. The molecular formula is C16H14ClFN2O3. The summed E-state index contributed by atoms with van der Waals surface area (Å²) in [5.41, 5.74) is 5.20. The largest absolute Gasteiger partial charge is 0.481 e. The third kappa shape index (κ3) is 5.60. The van der Waals surface area contributed by atoms with E-state index >= 15 is 0 Å². The van der Waals surface area contributed by atoms with E-state index < -0.39 is 24.2 Å². The van der Waals surface area contributed by atoms with Gasteiger partial charge in [0.05, 0.1) is 6.42 Å². The minimum absolute atomic E-state index is 0.0323. The molecule has 0 unspecified atom stereocenters. The van der Waals surface area contributed by atoms with Crippen molar-refractivity contribution in [3.63, 3.8) is 0 Å². The fraction of sp³-hybridized carbons (Fsp3) is 0.125. The van der Waals surface area contributed by atoms with Gasteiger partial charge >= 0.3 is 0 Å². The molecule has 0 radical (unpaired) electrons. The lowest BCUT2D eigenvalue weighted by Crippen LogP contribution is -2.44. The second-order valence-electron chi connectivity index (χ2n) is 4.62. The van der Waals surface area contributed by atoms with Gasteiger partial charge in [0, 0.05) is 5.02 Å². The maximum atomic E-state index is 13.3. The third-order valence-electron chi connectivity index (χ3n) is 2.81. The first-order chi connectivity index (χ1) is 11.0. The van der Waals surface area contributed by atoms with Crippen molar-refractivity contribution in [2.75, 3.05) is 6.61 Å². The van der Waals surface area contributed by atoms with Gasteiger partial charge in [-0.2, -0.15) is 0 Å². The number of carbonyl (C=O) groups is 2. The van der Waals surface area contributed by atoms with Gasteiger partial charge in [-0.1, -0.05) is 35.9 Å². The number of para-hydroxylation sites is 1. The first-order valence-corrected chi connectivity index (χ1v) is 7.12. The third-order valence-corrected chi connectivity index (χ3v) is 3.07. The van der Waals surface area contributed by atoms with Crippen molar-refractivity contribution < 1.29 is 18.7 Å². The Kier molecular flexibility index (Phi) is 5.94. The van der Waals surface area contributed by atoms with Crippen LogP contribution in [0.1, 0.15) is 5.56 Å². The molecule has 2 rings (SSSR count). The van der Waals surface area contributed by atoms with Crippen molar-refractivity contribution in [2.45, 2.75) is 6.42 Å². The molecule has 0 heterocycles. The summed E-state index contributed by atoms with van der Waals surface area (Å²) in [6, 6.07) is 12.5. The topological polar surface area (TPSA) is 67.4 Å². The van der Waals surface area contributed by atoms with Gasteiger partial charge in [-0.05, 0) is 29.8 Å². The molecular weight excluding hydrogens is 323 g/mol. The molecule has 0 aromatic heterocycles. The number of hydrogen-bond donors (Lipinski definition) is 2. The van der Waals surface area contributed by atoms with Crippen LogP contribution in [0.3, 0.4) is 0 Å². The normalized spacial score (nSPS) is 10.0. The Morgan fingerprint density at radius 2 is 1.65 bits per heavy atom. The molecule has 23 heavy (non-hydrogen) atoms. The van der Waals surface area contributed by atoms with E-state index in [-0.39, 0.29) is 12.2 Å². The molecule has 120 valence electrons. The van der Waals surface area contributed by atoms with Crippen LogP contribution in [0.5, 0.6) is 5.75 Å². The van der Waals surface area contributed by atoms with E-state index in [2.05, 4.69) is 10.9 Å². The number of rotatable bonds is 5. The maximum absolute atomic E-state index is 13.3. The average Bonchev–Trinajstić information content (AvgIpc) is 2.54. The van der Waals surface area contributed by atoms with E-state index in [1.54, 1.807) is 30.3 Å². The molecule has 2 aromatic rings. The van der Waals surface area contributed by atoms with Gasteiger partial charge in [0.2, 0.25) is 5.91 Å². The van der Waals surface area contributed by atoms with Crippen molar-refractivity contribution >= 4 is 23.4 Å². The minimum Gasteiger partial charge on any atom is -0.481 e. The predicted molar refractivity (Wildman–Crippen MR) is 83.3 cm³/mol. The van der Waals surface area contributed by atoms with Gasteiger partial charge < -0.3 is 4.74 Å². The molecule has 0 bridgehead atoms. The molecule has 0 spiro atoms. The van der Waals surface area contributed by atoms with Gasteiger partial charge in [0.25, 0.3) is 5.91 Å². The summed E-state index contributed by atoms with van der Waals surface area (Å²) in [4.78, 5) is 23.2. The Morgan fingerprint density at radius 1 is 1.00 bits per heavy atom. The molecule has 7 heteroatoms. The fourth-order valence-electron chi connectivity index (χ4n) is 1.71. The molecule has 2 amide bonds. The van der Waals surface area contributed by atoms with Crippen LogP contribution in [-0.2, 0) is 16.0 Å². The van der Waals surface area contributed by atoms with E-state index in [9.17, 15) is 14.0 Å². The van der Waals surface area contributed by atoms with Crippen LogP contribution in [0.25, 0.3) is 0 Å². The summed E-state index contributed by atoms with van der Waals surface area (Å²) in [7, 11) is 0. The minimum atomic E-state index is -0.599. The lowest BCUT2D eigenvalue weighted by Gasteiger charge is -2.09. The zero-order valence-corrected chi connectivity index (χ0v) is 12.8. The number of benzene rings is 2. The highest BCUT2D eigenvalue weighted by Gasteiger charge is 2.08. The Morgan fingerprint density at radius 3 is 2.35 bits per heavy atom. The lowest BCUT2D eigenvalue weighted by atomic mass is 10.1. The summed E-state index contributed by atoms with van der Waals surface area (Å²) in [6.07, 6.45) is 0.0889. The van der Waals surface area contributed by atoms with Crippen molar-refractivity contribution in [3.05, 3.63) is 64.9 Å². The Hall–Kier alpha value is -2.60. The number of ether oxygens (including phenoxy) is 1. The zero-order chi connectivity index (χ0) is 16.7. The van der Waals surface area contributed by atoms with Gasteiger partial charge in [-0.3, -0.25) is 20.4 Å². The van der Waals surface area contributed by atoms with Crippen molar-refractivity contribution in [2.24, 2.45) is 0 Å². The number of halogens is 2. The first-order valence-electron chi connectivity index (χ1n) is 6.74. The molecule has 0 saturated carbocycles. The Labute approximate surface area is 137 Å². The van der Waals surface area contributed by atoms with Gasteiger partial charge in [-0.25, -0.2) is 4.39 Å². The molecule has 0 aliphatic carbocycles.